The molecule has 2 amide bonds. The quantitative estimate of drug-likeness (QED) is 0.172. The first-order valence-corrected chi connectivity index (χ1v) is 19.0. The molecular formula is C28H49NO5Si2. The Bertz CT molecular complexity index is 840. The van der Waals surface area contributed by atoms with Gasteiger partial charge >= 0.3 is 0 Å². The fourth-order valence-corrected chi connectivity index (χ4v) is 9.87. The van der Waals surface area contributed by atoms with E-state index in [1.165, 1.54) is 0 Å². The Hall–Kier alpha value is -1.33. The van der Waals surface area contributed by atoms with E-state index < -0.39 is 28.4 Å². The summed E-state index contributed by atoms with van der Waals surface area (Å²) in [4.78, 5) is 31.5. The lowest BCUT2D eigenvalue weighted by molar-refractivity contribution is -0.108. The second-order valence-electron chi connectivity index (χ2n) is 12.0. The zero-order chi connectivity index (χ0) is 27.1. The third kappa shape index (κ3) is 7.37. The molecule has 204 valence electrons. The number of fused-ring (bicyclic) bond motifs is 1. The molecule has 0 fully saturated rings. The van der Waals surface area contributed by atoms with E-state index in [9.17, 15) is 9.59 Å². The Balaban J connectivity index is 2.13. The van der Waals surface area contributed by atoms with Crippen LogP contribution in [0.3, 0.4) is 0 Å². The number of imide groups is 1. The fourth-order valence-electron chi connectivity index (χ4n) is 4.52. The number of hydroxylamine groups is 2. The zero-order valence-corrected chi connectivity index (χ0v) is 26.1. The predicted molar refractivity (Wildman–Crippen MR) is 151 cm³/mol. The Morgan fingerprint density at radius 3 is 1.86 bits per heavy atom. The number of benzene rings is 1. The molecule has 0 aromatic heterocycles. The predicted octanol–water partition coefficient (Wildman–Crippen LogP) is 7.43. The number of rotatable bonds is 15. The average Bonchev–Trinajstić information content (AvgIpc) is 3.04. The van der Waals surface area contributed by atoms with Gasteiger partial charge in [-0.05, 0) is 54.3 Å². The van der Waals surface area contributed by atoms with Crippen LogP contribution in [0.4, 0.5) is 0 Å². The zero-order valence-electron chi connectivity index (χ0n) is 24.1. The van der Waals surface area contributed by atoms with Crippen molar-refractivity contribution in [1.82, 2.24) is 5.06 Å². The number of nitrogens with zero attached hydrogens (tertiary/aromatic N) is 1. The van der Waals surface area contributed by atoms with Crippen LogP contribution in [0, 0.1) is 5.92 Å². The highest BCUT2D eigenvalue weighted by Crippen LogP contribution is 2.37. The second kappa shape index (κ2) is 13.0. The van der Waals surface area contributed by atoms with Gasteiger partial charge in [-0.3, -0.25) is 14.4 Å². The Kier molecular flexibility index (Phi) is 11.1. The molecule has 0 radical (unpaired) electrons. The van der Waals surface area contributed by atoms with Crippen molar-refractivity contribution < 1.29 is 23.3 Å². The summed E-state index contributed by atoms with van der Waals surface area (Å²) in [6, 6.07) is 9.16. The minimum Gasteiger partial charge on any atom is -0.417 e. The smallest absolute Gasteiger partial charge is 0.285 e. The largest absolute Gasteiger partial charge is 0.417 e. The molecule has 0 aliphatic carbocycles. The molecule has 0 bridgehead atoms. The van der Waals surface area contributed by atoms with E-state index in [0.717, 1.165) is 36.4 Å². The monoisotopic (exact) mass is 535 g/mol. The summed E-state index contributed by atoms with van der Waals surface area (Å²) in [7, 11) is -3.80. The van der Waals surface area contributed by atoms with Gasteiger partial charge in [-0.2, -0.15) is 0 Å². The summed E-state index contributed by atoms with van der Waals surface area (Å²) in [5, 5.41) is 1.06. The summed E-state index contributed by atoms with van der Waals surface area (Å²) in [5.74, 6) is -0.760. The summed E-state index contributed by atoms with van der Waals surface area (Å²) in [6.07, 6.45) is 3.00. The Morgan fingerprint density at radius 2 is 1.42 bits per heavy atom. The van der Waals surface area contributed by atoms with Gasteiger partial charge in [0.05, 0.1) is 17.7 Å². The van der Waals surface area contributed by atoms with E-state index in [1.54, 1.807) is 24.3 Å². The van der Waals surface area contributed by atoms with Crippen molar-refractivity contribution in [2.75, 3.05) is 19.8 Å². The third-order valence-corrected chi connectivity index (χ3v) is 18.1. The average molecular weight is 536 g/mol. The molecule has 1 heterocycles. The van der Waals surface area contributed by atoms with Crippen molar-refractivity contribution in [3.63, 3.8) is 0 Å². The van der Waals surface area contributed by atoms with Gasteiger partial charge in [0.2, 0.25) is 0 Å². The van der Waals surface area contributed by atoms with E-state index in [1.807, 2.05) is 0 Å². The van der Waals surface area contributed by atoms with E-state index >= 15 is 0 Å². The molecule has 1 aliphatic rings. The van der Waals surface area contributed by atoms with Crippen LogP contribution in [0.2, 0.25) is 35.8 Å². The van der Waals surface area contributed by atoms with Crippen LogP contribution in [0.1, 0.15) is 88.4 Å². The second-order valence-corrected chi connectivity index (χ2v) is 21.4. The molecule has 1 atom stereocenters. The molecule has 1 aliphatic heterocycles. The Morgan fingerprint density at radius 1 is 0.889 bits per heavy atom. The van der Waals surface area contributed by atoms with Gasteiger partial charge in [0, 0.05) is 19.1 Å². The minimum absolute atomic E-state index is 0.0263. The van der Waals surface area contributed by atoms with Crippen molar-refractivity contribution in [2.24, 2.45) is 5.92 Å². The van der Waals surface area contributed by atoms with Crippen LogP contribution < -0.4 is 0 Å². The number of hydrogen-bond donors (Lipinski definition) is 0. The van der Waals surface area contributed by atoms with Gasteiger partial charge in [0.1, 0.15) is 0 Å². The standard InChI is InChI=1S/C28H49NO5Si2/c1-10-18-36(19-11-2,22(3)4)34-21-23(16-17-33-35(8,9)28(5,6)7)20-32-29-26(30)24-14-12-13-15-25(24)27(29)31/h12-15,22-23H,10-11,16-21H2,1-9H3. The lowest BCUT2D eigenvalue weighted by Gasteiger charge is -2.38. The molecule has 36 heavy (non-hydrogen) atoms. The summed E-state index contributed by atoms with van der Waals surface area (Å²) in [5.41, 5.74) is 1.32. The Labute approximate surface area is 221 Å². The summed E-state index contributed by atoms with van der Waals surface area (Å²) < 4.78 is 13.3. The van der Waals surface area contributed by atoms with Gasteiger partial charge in [0.25, 0.3) is 11.8 Å². The minimum atomic E-state index is -1.92. The number of hydrogen-bond acceptors (Lipinski definition) is 5. The maximum Gasteiger partial charge on any atom is 0.285 e. The van der Waals surface area contributed by atoms with Crippen LogP contribution in [-0.4, -0.2) is 53.3 Å². The number of amides is 2. The van der Waals surface area contributed by atoms with Crippen LogP contribution in [0.15, 0.2) is 24.3 Å². The number of carbonyl (C=O) groups is 2. The van der Waals surface area contributed by atoms with Gasteiger partial charge in [-0.15, -0.1) is 5.06 Å². The molecular weight excluding hydrogens is 486 g/mol. The van der Waals surface area contributed by atoms with Crippen LogP contribution in [0.25, 0.3) is 0 Å². The van der Waals surface area contributed by atoms with E-state index in [-0.39, 0.29) is 17.6 Å². The van der Waals surface area contributed by atoms with Crippen LogP contribution in [0.5, 0.6) is 0 Å². The molecule has 1 unspecified atom stereocenters. The van der Waals surface area contributed by atoms with Crippen LogP contribution in [-0.2, 0) is 13.7 Å². The first-order valence-electron chi connectivity index (χ1n) is 13.7. The van der Waals surface area contributed by atoms with E-state index in [2.05, 4.69) is 61.6 Å². The first kappa shape index (κ1) is 30.9. The topological polar surface area (TPSA) is 65.1 Å². The lowest BCUT2D eigenvalue weighted by Crippen LogP contribution is -2.44. The van der Waals surface area contributed by atoms with Crippen molar-refractivity contribution in [2.45, 2.75) is 103 Å². The van der Waals surface area contributed by atoms with Crippen molar-refractivity contribution in [3.05, 3.63) is 35.4 Å². The van der Waals surface area contributed by atoms with Gasteiger partial charge < -0.3 is 8.85 Å². The molecule has 1 aromatic carbocycles. The number of carbonyl (C=O) groups excluding carboxylic acids is 2. The highest BCUT2D eigenvalue weighted by Gasteiger charge is 2.40. The summed E-state index contributed by atoms with van der Waals surface area (Å²) in [6.45, 7) is 21.7. The fraction of sp³-hybridized carbons (Fsp3) is 0.714. The van der Waals surface area contributed by atoms with E-state index in [4.69, 9.17) is 13.7 Å². The molecule has 0 N–H and O–H groups in total. The van der Waals surface area contributed by atoms with E-state index in [0.29, 0.717) is 29.9 Å². The molecule has 1 aromatic rings. The van der Waals surface area contributed by atoms with Crippen LogP contribution >= 0.6 is 0 Å². The molecule has 0 saturated carbocycles. The lowest BCUT2D eigenvalue weighted by atomic mass is 10.1. The third-order valence-electron chi connectivity index (χ3n) is 8.00. The van der Waals surface area contributed by atoms with Gasteiger partial charge in [-0.1, -0.05) is 73.4 Å². The van der Waals surface area contributed by atoms with Crippen molar-refractivity contribution in [3.8, 4) is 0 Å². The van der Waals surface area contributed by atoms with Gasteiger partial charge in [-0.25, -0.2) is 0 Å². The molecule has 0 spiro atoms. The molecule has 6 nitrogen and oxygen atoms in total. The normalized spacial score (nSPS) is 15.7. The highest BCUT2D eigenvalue weighted by atomic mass is 28.4. The van der Waals surface area contributed by atoms with Crippen molar-refractivity contribution in [1.29, 1.82) is 0 Å². The SMILES string of the molecule is CCC[Si](CCC)(OCC(CCO[Si](C)(C)C(C)(C)C)CON1C(=O)c2ccccc2C1=O)C(C)C. The maximum absolute atomic E-state index is 12.8. The highest BCUT2D eigenvalue weighted by molar-refractivity contribution is 6.75. The maximum atomic E-state index is 12.8. The van der Waals surface area contributed by atoms with Crippen molar-refractivity contribution >= 4 is 28.4 Å². The first-order chi connectivity index (χ1) is 16.8. The summed E-state index contributed by atoms with van der Waals surface area (Å²) >= 11 is 0. The van der Waals surface area contributed by atoms with Gasteiger partial charge in [0.15, 0.2) is 16.6 Å². The molecule has 8 heteroatoms. The molecule has 2 rings (SSSR count). The molecule has 0 saturated heterocycles.